The van der Waals surface area contributed by atoms with Crippen LogP contribution in [0, 0.1) is 46.3 Å². The molecule has 1 unspecified atom stereocenters. The van der Waals surface area contributed by atoms with Gasteiger partial charge in [-0.25, -0.2) is 0 Å². The van der Waals surface area contributed by atoms with Gasteiger partial charge < -0.3 is 0 Å². The van der Waals surface area contributed by atoms with Crippen LogP contribution in [0.4, 0.5) is 0 Å². The third kappa shape index (κ3) is 3.09. The molecule has 29 heavy (non-hydrogen) atoms. The van der Waals surface area contributed by atoms with Gasteiger partial charge in [0.1, 0.15) is 6.07 Å². The number of hydrogen-bond donors (Lipinski definition) is 0. The summed E-state index contributed by atoms with van der Waals surface area (Å²) in [5, 5.41) is 13.2. The van der Waals surface area contributed by atoms with Crippen LogP contribution in [0.3, 0.4) is 0 Å². The fourth-order valence-corrected chi connectivity index (χ4v) is 7.71. The summed E-state index contributed by atoms with van der Waals surface area (Å²) in [4.78, 5) is 13.2. The van der Waals surface area contributed by atoms with Gasteiger partial charge in [0.2, 0.25) is 0 Å². The largest absolute Gasteiger partial charge is 0.297 e. The summed E-state index contributed by atoms with van der Waals surface area (Å²) < 4.78 is 1.66. The standard InChI is InChI=1S/C25H33N3O/c1-16-3-5-19-18(11-16)4-6-21-20(19)9-10-25(2)22(21)7-8-23(25)24(29)15-28-14-17(12-26)13-27-28/h13-14,16,20-23H,3-11,15H2,1-2H3/t16-,20?,21+,22-,23+,25-/m0/s1. The fourth-order valence-electron chi connectivity index (χ4n) is 7.71. The van der Waals surface area contributed by atoms with E-state index < -0.39 is 0 Å². The van der Waals surface area contributed by atoms with Crippen LogP contribution >= 0.6 is 0 Å². The van der Waals surface area contributed by atoms with Crippen LogP contribution in [0.15, 0.2) is 23.5 Å². The van der Waals surface area contributed by atoms with Crippen molar-refractivity contribution in [1.29, 1.82) is 5.26 Å². The van der Waals surface area contributed by atoms with Crippen molar-refractivity contribution in [3.05, 3.63) is 29.1 Å². The second kappa shape index (κ2) is 7.11. The zero-order valence-electron chi connectivity index (χ0n) is 17.9. The number of carbonyl (C=O) groups is 1. The van der Waals surface area contributed by atoms with E-state index in [1.165, 1.54) is 51.4 Å². The summed E-state index contributed by atoms with van der Waals surface area (Å²) in [5.41, 5.74) is 4.34. The van der Waals surface area contributed by atoms with Gasteiger partial charge in [-0.15, -0.1) is 0 Å². The fraction of sp³-hybridized carbons (Fsp3) is 0.720. The Morgan fingerprint density at radius 3 is 2.93 bits per heavy atom. The molecule has 4 heteroatoms. The Morgan fingerprint density at radius 1 is 1.28 bits per heavy atom. The van der Waals surface area contributed by atoms with E-state index in [2.05, 4.69) is 25.0 Å². The molecule has 0 aliphatic heterocycles. The lowest BCUT2D eigenvalue weighted by Crippen LogP contribution is -2.45. The second-order valence-electron chi connectivity index (χ2n) is 10.6. The summed E-state index contributed by atoms with van der Waals surface area (Å²) in [6, 6.07) is 2.10. The zero-order valence-corrected chi connectivity index (χ0v) is 17.9. The minimum atomic E-state index is 0.156. The SMILES string of the molecule is C[C@H]1CCC2=C(CC[C@@H]3C2CC[C@]2(C)[C@@H](C(=O)Cn4cc(C#N)cn4)CC[C@@H]32)C1. The molecule has 0 radical (unpaired) electrons. The molecule has 5 rings (SSSR count). The van der Waals surface area contributed by atoms with Gasteiger partial charge in [-0.1, -0.05) is 25.0 Å². The summed E-state index contributed by atoms with van der Waals surface area (Å²) in [6.45, 7) is 5.15. The lowest BCUT2D eigenvalue weighted by molar-refractivity contribution is -0.129. The molecule has 1 aromatic heterocycles. The Balaban J connectivity index is 1.34. The first kappa shape index (κ1) is 19.1. The quantitative estimate of drug-likeness (QED) is 0.658. The van der Waals surface area contributed by atoms with Crippen LogP contribution in [0.2, 0.25) is 0 Å². The van der Waals surface area contributed by atoms with E-state index in [1.807, 2.05) is 11.1 Å². The smallest absolute Gasteiger partial charge is 0.157 e. The van der Waals surface area contributed by atoms with Gasteiger partial charge in [0, 0.05) is 12.1 Å². The van der Waals surface area contributed by atoms with Crippen LogP contribution in [-0.2, 0) is 11.3 Å². The highest BCUT2D eigenvalue weighted by Crippen LogP contribution is 2.63. The zero-order chi connectivity index (χ0) is 20.2. The molecule has 2 fully saturated rings. The molecule has 0 spiro atoms. The third-order valence-corrected chi connectivity index (χ3v) is 9.09. The van der Waals surface area contributed by atoms with E-state index in [1.54, 1.807) is 17.1 Å². The van der Waals surface area contributed by atoms with Crippen LogP contribution in [0.1, 0.15) is 77.2 Å². The van der Waals surface area contributed by atoms with Gasteiger partial charge in [-0.2, -0.15) is 10.4 Å². The normalized spacial score (nSPS) is 38.7. The highest BCUT2D eigenvalue weighted by atomic mass is 16.1. The Bertz CT molecular complexity index is 890. The molecular formula is C25H33N3O. The molecule has 1 aromatic rings. The van der Waals surface area contributed by atoms with Crippen molar-refractivity contribution >= 4 is 5.78 Å². The van der Waals surface area contributed by atoms with E-state index in [4.69, 9.17) is 5.26 Å². The maximum Gasteiger partial charge on any atom is 0.157 e. The number of nitriles is 1. The van der Waals surface area contributed by atoms with Crippen molar-refractivity contribution < 1.29 is 4.79 Å². The average Bonchev–Trinajstić information content (AvgIpc) is 3.30. The predicted molar refractivity (Wildman–Crippen MR) is 112 cm³/mol. The number of rotatable bonds is 3. The number of nitrogens with zero attached hydrogens (tertiary/aromatic N) is 3. The number of carbonyl (C=O) groups excluding carboxylic acids is 1. The number of hydrogen-bond acceptors (Lipinski definition) is 3. The summed E-state index contributed by atoms with van der Waals surface area (Å²) in [7, 11) is 0. The molecule has 2 saturated carbocycles. The Labute approximate surface area is 174 Å². The molecule has 0 bridgehead atoms. The summed E-state index contributed by atoms with van der Waals surface area (Å²) in [5.74, 6) is 3.66. The minimum Gasteiger partial charge on any atom is -0.297 e. The van der Waals surface area contributed by atoms with Crippen molar-refractivity contribution in [3.63, 3.8) is 0 Å². The van der Waals surface area contributed by atoms with E-state index in [-0.39, 0.29) is 11.3 Å². The lowest BCUT2D eigenvalue weighted by Gasteiger charge is -2.52. The molecule has 4 aliphatic rings. The van der Waals surface area contributed by atoms with E-state index in [0.29, 0.717) is 23.8 Å². The van der Waals surface area contributed by atoms with Crippen molar-refractivity contribution in [1.82, 2.24) is 9.78 Å². The van der Waals surface area contributed by atoms with Crippen molar-refractivity contribution in [2.45, 2.75) is 78.2 Å². The monoisotopic (exact) mass is 391 g/mol. The second-order valence-corrected chi connectivity index (χ2v) is 10.6. The van der Waals surface area contributed by atoms with Gasteiger partial charge in [0.15, 0.2) is 5.78 Å². The van der Waals surface area contributed by atoms with Gasteiger partial charge in [0.05, 0.1) is 18.3 Å². The maximum absolute atomic E-state index is 13.2. The molecule has 0 saturated heterocycles. The Hall–Kier alpha value is -1.89. The number of aromatic nitrogens is 2. The van der Waals surface area contributed by atoms with Crippen LogP contribution in [0.5, 0.6) is 0 Å². The Kier molecular flexibility index (Phi) is 4.68. The van der Waals surface area contributed by atoms with E-state index in [9.17, 15) is 4.79 Å². The molecule has 4 aliphatic carbocycles. The molecule has 0 N–H and O–H groups in total. The lowest BCUT2D eigenvalue weighted by atomic mass is 9.52. The van der Waals surface area contributed by atoms with E-state index >= 15 is 0 Å². The Morgan fingerprint density at radius 2 is 2.14 bits per heavy atom. The molecule has 6 atom stereocenters. The van der Waals surface area contributed by atoms with Gasteiger partial charge in [0.25, 0.3) is 0 Å². The average molecular weight is 392 g/mol. The van der Waals surface area contributed by atoms with Crippen LogP contribution in [0.25, 0.3) is 0 Å². The molecular weight excluding hydrogens is 358 g/mol. The predicted octanol–water partition coefficient (Wildman–Crippen LogP) is 5.29. The van der Waals surface area contributed by atoms with Gasteiger partial charge in [-0.05, 0) is 86.9 Å². The van der Waals surface area contributed by atoms with E-state index in [0.717, 1.165) is 24.2 Å². The first-order valence-corrected chi connectivity index (χ1v) is 11.7. The first-order chi connectivity index (χ1) is 14.0. The molecule has 0 amide bonds. The number of fused-ring (bicyclic) bond motifs is 4. The minimum absolute atomic E-state index is 0.156. The van der Waals surface area contributed by atoms with Crippen LogP contribution in [-0.4, -0.2) is 15.6 Å². The maximum atomic E-state index is 13.2. The van der Waals surface area contributed by atoms with Crippen molar-refractivity contribution in [2.24, 2.45) is 35.0 Å². The molecule has 0 aromatic carbocycles. The van der Waals surface area contributed by atoms with Gasteiger partial charge >= 0.3 is 0 Å². The first-order valence-electron chi connectivity index (χ1n) is 11.7. The number of ketones is 1. The van der Waals surface area contributed by atoms with Gasteiger partial charge in [-0.3, -0.25) is 9.48 Å². The summed E-state index contributed by atoms with van der Waals surface area (Å²) in [6.07, 6.45) is 14.7. The highest BCUT2D eigenvalue weighted by Gasteiger charge is 2.56. The molecule has 154 valence electrons. The topological polar surface area (TPSA) is 58.7 Å². The van der Waals surface area contributed by atoms with Crippen molar-refractivity contribution in [3.8, 4) is 6.07 Å². The molecule has 4 nitrogen and oxygen atoms in total. The third-order valence-electron chi connectivity index (χ3n) is 9.09. The van der Waals surface area contributed by atoms with Crippen molar-refractivity contribution in [2.75, 3.05) is 0 Å². The number of allylic oxidation sites excluding steroid dienone is 2. The summed E-state index contributed by atoms with van der Waals surface area (Å²) >= 11 is 0. The molecule has 1 heterocycles. The van der Waals surface area contributed by atoms with Crippen LogP contribution < -0.4 is 0 Å². The number of Topliss-reactive ketones (excluding diaryl/α,β-unsaturated/α-hetero) is 1. The highest BCUT2D eigenvalue weighted by molar-refractivity contribution is 5.82.